The predicted octanol–water partition coefficient (Wildman–Crippen LogP) is 5.16. The smallest absolute Gasteiger partial charge is 0.0491 e. The lowest BCUT2D eigenvalue weighted by Crippen LogP contribution is -1.92. The maximum atomic E-state index is 2.40. The van der Waals surface area contributed by atoms with Crippen molar-refractivity contribution in [1.29, 1.82) is 0 Å². The van der Waals surface area contributed by atoms with Gasteiger partial charge in [-0.1, -0.05) is 42.5 Å². The molecule has 0 radical (unpaired) electrons. The molecule has 1 nitrogen and oxygen atoms in total. The Kier molecular flexibility index (Phi) is 2.53. The summed E-state index contributed by atoms with van der Waals surface area (Å²) in [6.45, 7) is 3.22. The zero-order valence-corrected chi connectivity index (χ0v) is 11.6. The van der Waals surface area contributed by atoms with Crippen molar-refractivity contribution in [3.05, 3.63) is 66.3 Å². The molecule has 3 aromatic rings. The first-order chi connectivity index (χ1) is 9.88. The molecule has 1 heterocycles. The molecular weight excluding hydrogens is 242 g/mol. The molecule has 0 atom stereocenters. The minimum Gasteiger partial charge on any atom is -0.341 e. The Morgan fingerprint density at radius 1 is 1.00 bits per heavy atom. The molecule has 0 amide bonds. The van der Waals surface area contributed by atoms with E-state index in [1.807, 2.05) is 0 Å². The molecule has 0 spiro atoms. The average Bonchev–Trinajstić information content (AvgIpc) is 3.12. The second-order valence-electron chi connectivity index (χ2n) is 5.29. The van der Waals surface area contributed by atoms with Crippen LogP contribution in [0.3, 0.4) is 0 Å². The summed E-state index contributed by atoms with van der Waals surface area (Å²) in [6, 6.07) is 15.5. The third-order valence-electron chi connectivity index (χ3n) is 4.19. The number of aryl methyl sites for hydroxylation is 1. The van der Waals surface area contributed by atoms with E-state index in [2.05, 4.69) is 72.2 Å². The summed E-state index contributed by atoms with van der Waals surface area (Å²) >= 11 is 0. The number of benzene rings is 2. The number of hydrogen-bond donors (Lipinski definition) is 0. The highest BCUT2D eigenvalue weighted by Gasteiger charge is 2.10. The van der Waals surface area contributed by atoms with Crippen LogP contribution in [0.15, 0.2) is 60.7 Å². The number of nitrogens with zero attached hydrogens (tertiary/aromatic N) is 1. The maximum Gasteiger partial charge on any atom is 0.0491 e. The topological polar surface area (TPSA) is 4.93 Å². The first kappa shape index (κ1) is 11.5. The van der Waals surface area contributed by atoms with Crippen LogP contribution in [0.5, 0.6) is 0 Å². The van der Waals surface area contributed by atoms with Gasteiger partial charge in [-0.15, -0.1) is 0 Å². The molecule has 0 unspecified atom stereocenters. The molecule has 1 heteroatoms. The maximum absolute atomic E-state index is 2.40. The summed E-state index contributed by atoms with van der Waals surface area (Å²) in [6.07, 6.45) is 7.79. The highest BCUT2D eigenvalue weighted by Crippen LogP contribution is 2.32. The summed E-state index contributed by atoms with van der Waals surface area (Å²) in [5.74, 6) is 0. The minimum atomic E-state index is 1.01. The van der Waals surface area contributed by atoms with E-state index in [9.17, 15) is 0 Å². The van der Waals surface area contributed by atoms with Gasteiger partial charge in [0.1, 0.15) is 0 Å². The molecular formula is C19H17N. The number of para-hydroxylation sites is 1. The lowest BCUT2D eigenvalue weighted by Gasteiger charge is -2.04. The van der Waals surface area contributed by atoms with Gasteiger partial charge in [0.05, 0.1) is 0 Å². The molecule has 4 rings (SSSR count). The Hall–Kier alpha value is -2.28. The molecule has 0 aliphatic heterocycles. The third-order valence-corrected chi connectivity index (χ3v) is 4.19. The summed E-state index contributed by atoms with van der Waals surface area (Å²) in [4.78, 5) is 0. The number of hydrogen-bond acceptors (Lipinski definition) is 0. The van der Waals surface area contributed by atoms with Gasteiger partial charge in [-0.2, -0.15) is 0 Å². The van der Waals surface area contributed by atoms with Crippen molar-refractivity contribution >= 4 is 27.4 Å². The minimum absolute atomic E-state index is 1.01. The van der Waals surface area contributed by atoms with Crippen LogP contribution in [0.25, 0.3) is 27.4 Å². The predicted molar refractivity (Wildman–Crippen MR) is 86.9 cm³/mol. The molecule has 1 aliphatic rings. The van der Waals surface area contributed by atoms with Crippen LogP contribution >= 0.6 is 0 Å². The monoisotopic (exact) mass is 259 g/mol. The van der Waals surface area contributed by atoms with Crippen LogP contribution in [0, 0.1) is 0 Å². The standard InChI is InChI=1S/C19H17N/c1-2-20-18-10-6-5-9-16(18)17-13-15(11-12-19(17)20)14-7-3-4-8-14/h3,5-13H,2,4H2,1H3. The first-order valence-electron chi connectivity index (χ1n) is 7.26. The summed E-state index contributed by atoms with van der Waals surface area (Å²) in [7, 11) is 0. The van der Waals surface area contributed by atoms with Crippen LogP contribution < -0.4 is 0 Å². The van der Waals surface area contributed by atoms with Crippen molar-refractivity contribution < 1.29 is 0 Å². The van der Waals surface area contributed by atoms with Gasteiger partial charge in [-0.3, -0.25) is 0 Å². The SMILES string of the molecule is CCn1c2ccccc2c2cc(C3=CCC=C3)ccc21. The summed E-state index contributed by atoms with van der Waals surface area (Å²) in [5.41, 5.74) is 5.34. The van der Waals surface area contributed by atoms with Gasteiger partial charge in [0.15, 0.2) is 0 Å². The Balaban J connectivity index is 2.07. The van der Waals surface area contributed by atoms with Gasteiger partial charge < -0.3 is 4.57 Å². The van der Waals surface area contributed by atoms with Gasteiger partial charge in [0, 0.05) is 28.4 Å². The largest absolute Gasteiger partial charge is 0.341 e. The molecule has 0 fully saturated rings. The Morgan fingerprint density at radius 2 is 1.85 bits per heavy atom. The number of allylic oxidation sites excluding steroid dienone is 4. The van der Waals surface area contributed by atoms with E-state index in [4.69, 9.17) is 0 Å². The molecule has 1 aromatic heterocycles. The highest BCUT2D eigenvalue weighted by atomic mass is 15.0. The second kappa shape index (κ2) is 4.38. The lowest BCUT2D eigenvalue weighted by molar-refractivity contribution is 0.827. The van der Waals surface area contributed by atoms with Gasteiger partial charge in [-0.25, -0.2) is 0 Å². The van der Waals surface area contributed by atoms with E-state index in [1.165, 1.54) is 32.9 Å². The molecule has 2 aromatic carbocycles. The molecule has 20 heavy (non-hydrogen) atoms. The van der Waals surface area contributed by atoms with E-state index in [0.29, 0.717) is 0 Å². The Morgan fingerprint density at radius 3 is 2.65 bits per heavy atom. The first-order valence-corrected chi connectivity index (χ1v) is 7.26. The zero-order chi connectivity index (χ0) is 13.5. The van der Waals surface area contributed by atoms with Gasteiger partial charge >= 0.3 is 0 Å². The number of rotatable bonds is 2. The van der Waals surface area contributed by atoms with Crippen molar-refractivity contribution in [3.8, 4) is 0 Å². The Bertz CT molecular complexity index is 862. The van der Waals surface area contributed by atoms with Crippen LogP contribution in [0.1, 0.15) is 18.9 Å². The van der Waals surface area contributed by atoms with E-state index >= 15 is 0 Å². The second-order valence-corrected chi connectivity index (χ2v) is 5.29. The van der Waals surface area contributed by atoms with E-state index in [1.54, 1.807) is 0 Å². The van der Waals surface area contributed by atoms with Crippen molar-refractivity contribution in [3.63, 3.8) is 0 Å². The van der Waals surface area contributed by atoms with Crippen LogP contribution in [0.4, 0.5) is 0 Å². The fraction of sp³-hybridized carbons (Fsp3) is 0.158. The fourth-order valence-electron chi connectivity index (χ4n) is 3.25. The summed E-state index contributed by atoms with van der Waals surface area (Å²) < 4.78 is 2.40. The van der Waals surface area contributed by atoms with Gasteiger partial charge in [0.2, 0.25) is 0 Å². The molecule has 0 saturated heterocycles. The number of aromatic nitrogens is 1. The van der Waals surface area contributed by atoms with Crippen molar-refractivity contribution in [2.24, 2.45) is 0 Å². The highest BCUT2D eigenvalue weighted by molar-refractivity contribution is 6.09. The molecule has 1 aliphatic carbocycles. The molecule has 0 N–H and O–H groups in total. The third kappa shape index (κ3) is 1.56. The fourth-order valence-corrected chi connectivity index (χ4v) is 3.25. The van der Waals surface area contributed by atoms with Crippen molar-refractivity contribution in [1.82, 2.24) is 4.57 Å². The molecule has 98 valence electrons. The quantitative estimate of drug-likeness (QED) is 0.599. The van der Waals surface area contributed by atoms with E-state index in [-0.39, 0.29) is 0 Å². The molecule has 0 saturated carbocycles. The summed E-state index contributed by atoms with van der Waals surface area (Å²) in [5, 5.41) is 2.72. The van der Waals surface area contributed by atoms with Crippen molar-refractivity contribution in [2.75, 3.05) is 0 Å². The zero-order valence-electron chi connectivity index (χ0n) is 11.6. The molecule has 0 bridgehead atoms. The van der Waals surface area contributed by atoms with Gasteiger partial charge in [-0.05, 0) is 42.7 Å². The Labute approximate surface area is 118 Å². The van der Waals surface area contributed by atoms with Crippen LogP contribution in [-0.4, -0.2) is 4.57 Å². The van der Waals surface area contributed by atoms with Crippen LogP contribution in [-0.2, 0) is 6.54 Å². The number of fused-ring (bicyclic) bond motifs is 3. The van der Waals surface area contributed by atoms with E-state index in [0.717, 1.165) is 13.0 Å². The van der Waals surface area contributed by atoms with Crippen LogP contribution in [0.2, 0.25) is 0 Å². The lowest BCUT2D eigenvalue weighted by atomic mass is 10.0. The van der Waals surface area contributed by atoms with E-state index < -0.39 is 0 Å². The van der Waals surface area contributed by atoms with Crippen molar-refractivity contribution in [2.45, 2.75) is 19.9 Å². The normalized spacial score (nSPS) is 14.3. The van der Waals surface area contributed by atoms with Gasteiger partial charge in [0.25, 0.3) is 0 Å². The average molecular weight is 259 g/mol.